The fourth-order valence-electron chi connectivity index (χ4n) is 3.00. The number of ether oxygens (including phenoxy) is 2. The van der Waals surface area contributed by atoms with Gasteiger partial charge in [-0.3, -0.25) is 9.59 Å². The Kier molecular flexibility index (Phi) is 10.5. The Hall–Kier alpha value is -2.06. The highest BCUT2D eigenvalue weighted by molar-refractivity contribution is 9.10. The van der Waals surface area contributed by atoms with E-state index in [1.807, 2.05) is 36.4 Å². The van der Waals surface area contributed by atoms with Gasteiger partial charge in [-0.05, 0) is 59.4 Å². The van der Waals surface area contributed by atoms with E-state index in [0.717, 1.165) is 20.1 Å². The molecule has 2 amide bonds. The molecule has 0 fully saturated rings. The summed E-state index contributed by atoms with van der Waals surface area (Å²) in [5.41, 5.74) is 2.07. The zero-order valence-corrected chi connectivity index (χ0v) is 22.0. The maximum atomic E-state index is 12.1. The molecular weight excluding hydrogens is 540 g/mol. The molecule has 0 saturated carbocycles. The van der Waals surface area contributed by atoms with Crippen LogP contribution < -0.4 is 20.1 Å². The van der Waals surface area contributed by atoms with Crippen LogP contribution in [0, 0.1) is 0 Å². The number of hydrogen-bond acceptors (Lipinski definition) is 4. The molecule has 0 unspecified atom stereocenters. The van der Waals surface area contributed by atoms with Gasteiger partial charge in [0.2, 0.25) is 0 Å². The fraction of sp³-hybridized carbons (Fsp3) is 0.417. The first-order chi connectivity index (χ1) is 15.2. The Morgan fingerprint density at radius 1 is 0.750 bits per heavy atom. The molecule has 32 heavy (non-hydrogen) atoms. The summed E-state index contributed by atoms with van der Waals surface area (Å²) < 4.78 is 13.3. The monoisotopic (exact) mass is 568 g/mol. The van der Waals surface area contributed by atoms with Gasteiger partial charge in [-0.1, -0.05) is 59.6 Å². The molecule has 0 saturated heterocycles. The highest BCUT2D eigenvalue weighted by atomic mass is 79.9. The van der Waals surface area contributed by atoms with E-state index < -0.39 is 0 Å². The van der Waals surface area contributed by atoms with Crippen LogP contribution in [0.5, 0.6) is 11.5 Å². The molecule has 0 radical (unpaired) electrons. The minimum absolute atomic E-state index is 0.0834. The standard InChI is InChI=1S/C24H30Br2N2O4/c1-15(2)19-11-17(25)5-7-21(19)31-13-23(29)27-9-10-28-24(30)14-32-22-8-6-18(26)12-20(22)16(3)4/h5-8,11-12,15-16H,9-10,13-14H2,1-4H3,(H,27,29)(H,28,30). The third kappa shape index (κ3) is 8.47. The summed E-state index contributed by atoms with van der Waals surface area (Å²) in [7, 11) is 0. The highest BCUT2D eigenvalue weighted by Crippen LogP contribution is 2.30. The van der Waals surface area contributed by atoms with Gasteiger partial charge < -0.3 is 20.1 Å². The Morgan fingerprint density at radius 2 is 1.12 bits per heavy atom. The molecule has 8 heteroatoms. The molecule has 0 spiro atoms. The molecular formula is C24H30Br2N2O4. The van der Waals surface area contributed by atoms with Crippen LogP contribution in [0.25, 0.3) is 0 Å². The van der Waals surface area contributed by atoms with E-state index in [9.17, 15) is 9.59 Å². The van der Waals surface area contributed by atoms with Crippen molar-refractivity contribution in [3.05, 3.63) is 56.5 Å². The Labute approximate surface area is 206 Å². The average Bonchev–Trinajstić information content (AvgIpc) is 2.74. The first-order valence-corrected chi connectivity index (χ1v) is 12.1. The lowest BCUT2D eigenvalue weighted by Crippen LogP contribution is -2.38. The molecule has 2 aromatic rings. The van der Waals surface area contributed by atoms with E-state index in [1.165, 1.54) is 0 Å². The quantitative estimate of drug-likeness (QED) is 0.367. The van der Waals surface area contributed by atoms with E-state index >= 15 is 0 Å². The molecule has 0 atom stereocenters. The number of carbonyl (C=O) groups is 2. The van der Waals surface area contributed by atoms with Gasteiger partial charge in [-0.25, -0.2) is 0 Å². The predicted molar refractivity (Wildman–Crippen MR) is 133 cm³/mol. The summed E-state index contributed by atoms with van der Waals surface area (Å²) in [6, 6.07) is 11.5. The van der Waals surface area contributed by atoms with Gasteiger partial charge in [0.25, 0.3) is 11.8 Å². The average molecular weight is 570 g/mol. The van der Waals surface area contributed by atoms with Crippen molar-refractivity contribution in [3.8, 4) is 11.5 Å². The van der Waals surface area contributed by atoms with Crippen LogP contribution in [0.4, 0.5) is 0 Å². The SMILES string of the molecule is CC(C)c1cc(Br)ccc1OCC(=O)NCCNC(=O)COc1ccc(Br)cc1C(C)C. The summed E-state index contributed by atoms with van der Waals surface area (Å²) in [5, 5.41) is 5.48. The molecule has 6 nitrogen and oxygen atoms in total. The van der Waals surface area contributed by atoms with Crippen LogP contribution in [-0.2, 0) is 9.59 Å². The van der Waals surface area contributed by atoms with Crippen LogP contribution in [-0.4, -0.2) is 38.1 Å². The third-order valence-corrected chi connectivity index (χ3v) is 5.66. The predicted octanol–water partition coefficient (Wildman–Crippen LogP) is 5.15. The van der Waals surface area contributed by atoms with Crippen LogP contribution >= 0.6 is 31.9 Å². The number of amides is 2. The molecule has 0 bridgehead atoms. The second kappa shape index (κ2) is 12.8. The molecule has 0 aliphatic carbocycles. The van der Waals surface area contributed by atoms with Crippen molar-refractivity contribution in [2.45, 2.75) is 39.5 Å². The van der Waals surface area contributed by atoms with Crippen molar-refractivity contribution < 1.29 is 19.1 Å². The molecule has 0 aromatic heterocycles. The minimum Gasteiger partial charge on any atom is -0.483 e. The number of rotatable bonds is 11. The Bertz CT molecular complexity index is 857. The van der Waals surface area contributed by atoms with Gasteiger partial charge in [0.1, 0.15) is 11.5 Å². The first kappa shape index (κ1) is 26.2. The van der Waals surface area contributed by atoms with E-state index in [0.29, 0.717) is 24.6 Å². The van der Waals surface area contributed by atoms with Crippen molar-refractivity contribution in [2.75, 3.05) is 26.3 Å². The second-order valence-corrected chi connectivity index (χ2v) is 9.78. The van der Waals surface area contributed by atoms with Crippen molar-refractivity contribution >= 4 is 43.7 Å². The molecule has 174 valence electrons. The number of carbonyl (C=O) groups excluding carboxylic acids is 2. The summed E-state index contributed by atoms with van der Waals surface area (Å²) in [6.07, 6.45) is 0. The summed E-state index contributed by atoms with van der Waals surface area (Å²) in [6.45, 7) is 8.73. The lowest BCUT2D eigenvalue weighted by molar-refractivity contribution is -0.124. The fourth-order valence-corrected chi connectivity index (χ4v) is 3.75. The number of hydrogen-bond donors (Lipinski definition) is 2. The van der Waals surface area contributed by atoms with Crippen LogP contribution in [0.3, 0.4) is 0 Å². The minimum atomic E-state index is -0.246. The zero-order chi connectivity index (χ0) is 23.7. The second-order valence-electron chi connectivity index (χ2n) is 7.95. The number of halogens is 2. The van der Waals surface area contributed by atoms with Gasteiger partial charge in [0.15, 0.2) is 13.2 Å². The maximum Gasteiger partial charge on any atom is 0.258 e. The van der Waals surface area contributed by atoms with Gasteiger partial charge in [-0.15, -0.1) is 0 Å². The summed E-state index contributed by atoms with van der Waals surface area (Å²) in [4.78, 5) is 24.1. The van der Waals surface area contributed by atoms with Gasteiger partial charge in [-0.2, -0.15) is 0 Å². The van der Waals surface area contributed by atoms with E-state index in [1.54, 1.807) is 0 Å². The zero-order valence-electron chi connectivity index (χ0n) is 18.8. The molecule has 0 aliphatic heterocycles. The summed E-state index contributed by atoms with van der Waals surface area (Å²) in [5.74, 6) is 1.44. The Morgan fingerprint density at radius 3 is 1.47 bits per heavy atom. The van der Waals surface area contributed by atoms with E-state index in [4.69, 9.17) is 9.47 Å². The lowest BCUT2D eigenvalue weighted by atomic mass is 10.0. The highest BCUT2D eigenvalue weighted by Gasteiger charge is 2.12. The smallest absolute Gasteiger partial charge is 0.258 e. The summed E-state index contributed by atoms with van der Waals surface area (Å²) >= 11 is 6.91. The topological polar surface area (TPSA) is 76.7 Å². The Balaban J connectivity index is 1.69. The molecule has 2 aromatic carbocycles. The largest absolute Gasteiger partial charge is 0.483 e. The van der Waals surface area contributed by atoms with Gasteiger partial charge >= 0.3 is 0 Å². The van der Waals surface area contributed by atoms with Gasteiger partial charge in [0, 0.05) is 22.0 Å². The normalized spacial score (nSPS) is 10.9. The van der Waals surface area contributed by atoms with Crippen molar-refractivity contribution in [2.24, 2.45) is 0 Å². The lowest BCUT2D eigenvalue weighted by Gasteiger charge is -2.15. The van der Waals surface area contributed by atoms with Crippen molar-refractivity contribution in [1.29, 1.82) is 0 Å². The van der Waals surface area contributed by atoms with Crippen molar-refractivity contribution in [3.63, 3.8) is 0 Å². The molecule has 0 aliphatic rings. The van der Waals surface area contributed by atoms with E-state index in [2.05, 4.69) is 70.2 Å². The third-order valence-electron chi connectivity index (χ3n) is 4.67. The van der Waals surface area contributed by atoms with E-state index in [-0.39, 0.29) is 36.9 Å². The first-order valence-electron chi connectivity index (χ1n) is 10.5. The van der Waals surface area contributed by atoms with Crippen LogP contribution in [0.1, 0.15) is 50.7 Å². The van der Waals surface area contributed by atoms with Gasteiger partial charge in [0.05, 0.1) is 0 Å². The van der Waals surface area contributed by atoms with Crippen LogP contribution in [0.2, 0.25) is 0 Å². The molecule has 2 rings (SSSR count). The molecule has 2 N–H and O–H groups in total. The van der Waals surface area contributed by atoms with Crippen molar-refractivity contribution in [1.82, 2.24) is 10.6 Å². The number of nitrogens with one attached hydrogen (secondary N) is 2. The number of benzene rings is 2. The molecule has 0 heterocycles. The maximum absolute atomic E-state index is 12.1. The van der Waals surface area contributed by atoms with Crippen LogP contribution in [0.15, 0.2) is 45.3 Å².